The molecule has 1 N–H and O–H groups in total. The van der Waals surface area contributed by atoms with Crippen LogP contribution in [-0.4, -0.2) is 31.2 Å². The molecule has 0 aliphatic carbocycles. The van der Waals surface area contributed by atoms with E-state index in [1.807, 2.05) is 0 Å². The average molecular weight is 379 g/mol. The molecule has 1 aliphatic rings. The number of benzene rings is 1. The van der Waals surface area contributed by atoms with Crippen LogP contribution in [0.2, 0.25) is 0 Å². The van der Waals surface area contributed by atoms with Gasteiger partial charge in [0.15, 0.2) is 0 Å². The molecule has 0 atom stereocenters. The molecule has 2 aromatic rings. The van der Waals surface area contributed by atoms with Gasteiger partial charge in [0.05, 0.1) is 21.2 Å². The summed E-state index contributed by atoms with van der Waals surface area (Å²) in [6.45, 7) is 4.96. The van der Waals surface area contributed by atoms with Gasteiger partial charge < -0.3 is 10.2 Å². The van der Waals surface area contributed by atoms with Crippen molar-refractivity contribution >= 4 is 44.9 Å². The predicted octanol–water partition coefficient (Wildman–Crippen LogP) is 3.42. The zero-order valence-corrected chi connectivity index (χ0v) is 13.8. The lowest BCUT2D eigenvalue weighted by Gasteiger charge is -2.31. The van der Waals surface area contributed by atoms with Gasteiger partial charge >= 0.3 is 0 Å². The van der Waals surface area contributed by atoms with Crippen molar-refractivity contribution in [1.29, 1.82) is 0 Å². The molecule has 1 aromatic heterocycles. The lowest BCUT2D eigenvalue weighted by atomic mass is 10.1. The number of fused-ring (bicyclic) bond motifs is 1. The van der Waals surface area contributed by atoms with Crippen molar-refractivity contribution in [1.82, 2.24) is 10.3 Å². The van der Waals surface area contributed by atoms with Crippen molar-refractivity contribution in [2.24, 2.45) is 0 Å². The van der Waals surface area contributed by atoms with E-state index in [2.05, 4.69) is 31.1 Å². The number of halogens is 4. The molecule has 3 rings (SSSR count). The van der Waals surface area contributed by atoms with Crippen LogP contribution in [0.1, 0.15) is 5.69 Å². The van der Waals surface area contributed by atoms with Crippen LogP contribution in [0.4, 0.5) is 14.5 Å². The number of rotatable bonds is 1. The molecule has 114 valence electrons. The Hall–Kier alpha value is -0.980. The normalized spacial score (nSPS) is 15.1. The summed E-state index contributed by atoms with van der Waals surface area (Å²) in [5.41, 5.74) is 1.46. The Labute approximate surface area is 136 Å². The molecule has 7 heteroatoms. The van der Waals surface area contributed by atoms with E-state index in [0.717, 1.165) is 42.8 Å². The lowest BCUT2D eigenvalue weighted by Crippen LogP contribution is -2.43. The molecule has 1 aliphatic heterocycles. The van der Waals surface area contributed by atoms with E-state index in [1.165, 1.54) is 0 Å². The molecule has 0 radical (unpaired) electrons. The third-order valence-corrected chi connectivity index (χ3v) is 4.50. The number of hydrogen-bond acceptors (Lipinski definition) is 3. The predicted molar refractivity (Wildman–Crippen MR) is 86.4 cm³/mol. The topological polar surface area (TPSA) is 28.2 Å². The number of nitrogens with one attached hydrogen (secondary N) is 1. The van der Waals surface area contributed by atoms with Crippen LogP contribution in [0.3, 0.4) is 0 Å². The Balaban J connectivity index is 0.00000161. The lowest BCUT2D eigenvalue weighted by molar-refractivity contribution is 0.586. The zero-order valence-electron chi connectivity index (χ0n) is 11.4. The molecule has 1 aromatic carbocycles. The first kappa shape index (κ1) is 16.4. The van der Waals surface area contributed by atoms with Crippen LogP contribution in [0.5, 0.6) is 0 Å². The third-order valence-electron chi connectivity index (χ3n) is 3.55. The summed E-state index contributed by atoms with van der Waals surface area (Å²) >= 11 is 3.48. The second kappa shape index (κ2) is 6.42. The van der Waals surface area contributed by atoms with Gasteiger partial charge in [-0.05, 0) is 35.0 Å². The highest BCUT2D eigenvalue weighted by atomic mass is 79.9. The summed E-state index contributed by atoms with van der Waals surface area (Å²) in [7, 11) is 0. The van der Waals surface area contributed by atoms with Gasteiger partial charge in [0.1, 0.15) is 17.2 Å². The molecule has 1 fully saturated rings. The molecular formula is C14H15BrClF2N3. The first-order valence-electron chi connectivity index (χ1n) is 6.49. The average Bonchev–Trinajstić information content (AvgIpc) is 2.46. The van der Waals surface area contributed by atoms with Crippen LogP contribution in [-0.2, 0) is 0 Å². The maximum atomic E-state index is 14.2. The van der Waals surface area contributed by atoms with Crippen molar-refractivity contribution in [2.45, 2.75) is 6.92 Å². The molecule has 0 bridgehead atoms. The number of nitrogens with zero attached hydrogens (tertiary/aromatic N) is 2. The molecule has 3 nitrogen and oxygen atoms in total. The van der Waals surface area contributed by atoms with E-state index in [0.29, 0.717) is 11.4 Å². The van der Waals surface area contributed by atoms with E-state index in [9.17, 15) is 8.78 Å². The van der Waals surface area contributed by atoms with Gasteiger partial charge in [0, 0.05) is 26.2 Å². The maximum Gasteiger partial charge on any atom is 0.149 e. The monoisotopic (exact) mass is 377 g/mol. The molecular weight excluding hydrogens is 364 g/mol. The van der Waals surface area contributed by atoms with Gasteiger partial charge in [-0.25, -0.2) is 13.8 Å². The summed E-state index contributed by atoms with van der Waals surface area (Å²) in [5, 5.41) is 3.51. The second-order valence-electron chi connectivity index (χ2n) is 4.85. The van der Waals surface area contributed by atoms with Gasteiger partial charge in [-0.1, -0.05) is 0 Å². The van der Waals surface area contributed by atoms with E-state index in [1.54, 1.807) is 6.92 Å². The van der Waals surface area contributed by atoms with Crippen molar-refractivity contribution in [3.63, 3.8) is 0 Å². The van der Waals surface area contributed by atoms with Crippen LogP contribution in [0.25, 0.3) is 10.9 Å². The summed E-state index contributed by atoms with van der Waals surface area (Å²) in [6.07, 6.45) is 0. The Morgan fingerprint density at radius 1 is 1.19 bits per heavy atom. The summed E-state index contributed by atoms with van der Waals surface area (Å²) in [4.78, 5) is 6.26. The minimum atomic E-state index is -0.492. The smallest absolute Gasteiger partial charge is 0.149 e. The summed E-state index contributed by atoms with van der Waals surface area (Å²) in [5.74, 6) is -0.934. The number of anilines is 1. The molecule has 1 saturated heterocycles. The first-order chi connectivity index (χ1) is 9.59. The highest BCUT2D eigenvalue weighted by Gasteiger charge is 2.22. The largest absolute Gasteiger partial charge is 0.367 e. The van der Waals surface area contributed by atoms with Gasteiger partial charge in [-0.2, -0.15) is 0 Å². The van der Waals surface area contributed by atoms with Crippen molar-refractivity contribution in [3.05, 3.63) is 33.9 Å². The number of piperazine rings is 1. The van der Waals surface area contributed by atoms with E-state index < -0.39 is 11.6 Å². The minimum absolute atomic E-state index is 0. The number of aryl methyl sites for hydroxylation is 1. The minimum Gasteiger partial charge on any atom is -0.367 e. The summed E-state index contributed by atoms with van der Waals surface area (Å²) in [6, 6.07) is 2.28. The van der Waals surface area contributed by atoms with Crippen LogP contribution >= 0.6 is 28.3 Å². The fraction of sp³-hybridized carbons (Fsp3) is 0.357. The standard InChI is InChI=1S/C14H14BrF2N3.ClH/c1-8-12(15)14(20-6-4-18-5-7-20)11-9(16)2-3-10(17)13(11)19-8;/h2-3,18H,4-7H2,1H3;1H. The Morgan fingerprint density at radius 3 is 2.48 bits per heavy atom. The van der Waals surface area contributed by atoms with E-state index in [-0.39, 0.29) is 23.3 Å². The van der Waals surface area contributed by atoms with Crippen LogP contribution in [0.15, 0.2) is 16.6 Å². The molecule has 21 heavy (non-hydrogen) atoms. The number of hydrogen-bond donors (Lipinski definition) is 1. The third kappa shape index (κ3) is 2.84. The number of aromatic nitrogens is 1. The number of pyridine rings is 1. The maximum absolute atomic E-state index is 14.2. The highest BCUT2D eigenvalue weighted by molar-refractivity contribution is 9.10. The van der Waals surface area contributed by atoms with Gasteiger partial charge in [0.2, 0.25) is 0 Å². The summed E-state index contributed by atoms with van der Waals surface area (Å²) < 4.78 is 28.9. The van der Waals surface area contributed by atoms with Crippen molar-refractivity contribution in [2.75, 3.05) is 31.1 Å². The molecule has 0 spiro atoms. The van der Waals surface area contributed by atoms with Crippen molar-refractivity contribution in [3.8, 4) is 0 Å². The first-order valence-corrected chi connectivity index (χ1v) is 7.28. The Morgan fingerprint density at radius 2 is 1.81 bits per heavy atom. The quantitative estimate of drug-likeness (QED) is 0.824. The van der Waals surface area contributed by atoms with E-state index in [4.69, 9.17) is 0 Å². The highest BCUT2D eigenvalue weighted by Crippen LogP contribution is 2.38. The van der Waals surface area contributed by atoms with Crippen LogP contribution in [0, 0.1) is 18.6 Å². The molecule has 0 unspecified atom stereocenters. The van der Waals surface area contributed by atoms with Crippen molar-refractivity contribution < 1.29 is 8.78 Å². The SMILES string of the molecule is Cc1nc2c(F)ccc(F)c2c(N2CCNCC2)c1Br.Cl. The zero-order chi connectivity index (χ0) is 14.3. The fourth-order valence-corrected chi connectivity index (χ4v) is 3.10. The van der Waals surface area contributed by atoms with Gasteiger partial charge in [0.25, 0.3) is 0 Å². The van der Waals surface area contributed by atoms with Crippen LogP contribution < -0.4 is 10.2 Å². The second-order valence-corrected chi connectivity index (χ2v) is 5.64. The molecule has 2 heterocycles. The fourth-order valence-electron chi connectivity index (χ4n) is 2.56. The Kier molecular flexibility index (Phi) is 5.01. The Bertz CT molecular complexity index is 675. The van der Waals surface area contributed by atoms with Gasteiger partial charge in [-0.15, -0.1) is 12.4 Å². The molecule has 0 amide bonds. The molecule has 0 saturated carbocycles. The van der Waals surface area contributed by atoms with Gasteiger partial charge in [-0.3, -0.25) is 0 Å². The van der Waals surface area contributed by atoms with E-state index >= 15 is 0 Å².